The van der Waals surface area contributed by atoms with Gasteiger partial charge in [-0.15, -0.1) is 0 Å². The molecule has 0 spiro atoms. The van der Waals surface area contributed by atoms with E-state index in [0.717, 1.165) is 5.57 Å². The molecule has 0 aromatic rings. The lowest BCUT2D eigenvalue weighted by atomic mass is 9.88. The maximum Gasteiger partial charge on any atom is 0.333 e. The second-order valence-electron chi connectivity index (χ2n) is 4.70. The Bertz CT molecular complexity index is 235. The summed E-state index contributed by atoms with van der Waals surface area (Å²) in [5.41, 5.74) is 0.774. The fraction of sp³-hybridized carbons (Fsp3) is 0.769. The first-order chi connectivity index (χ1) is 7.09. The van der Waals surface area contributed by atoms with E-state index in [9.17, 15) is 4.79 Å². The monoisotopic (exact) mass is 210 g/mol. The van der Waals surface area contributed by atoms with Gasteiger partial charge < -0.3 is 4.74 Å². The normalized spacial score (nSPS) is 19.3. The molecule has 0 amide bonds. The van der Waals surface area contributed by atoms with Gasteiger partial charge in [-0.05, 0) is 39.5 Å². The van der Waals surface area contributed by atoms with E-state index >= 15 is 0 Å². The SMILES string of the molecule is C/C(=C\C1CCCCC1)C(=O)OC(C)C. The molecule has 0 atom stereocenters. The maximum absolute atomic E-state index is 11.5. The molecule has 15 heavy (non-hydrogen) atoms. The first-order valence-corrected chi connectivity index (χ1v) is 5.99. The zero-order chi connectivity index (χ0) is 11.3. The highest BCUT2D eigenvalue weighted by atomic mass is 16.5. The number of esters is 1. The van der Waals surface area contributed by atoms with Gasteiger partial charge in [-0.1, -0.05) is 25.3 Å². The lowest BCUT2D eigenvalue weighted by molar-refractivity contribution is -0.142. The summed E-state index contributed by atoms with van der Waals surface area (Å²) in [6.45, 7) is 5.62. The Morgan fingerprint density at radius 1 is 1.27 bits per heavy atom. The van der Waals surface area contributed by atoms with E-state index in [-0.39, 0.29) is 12.1 Å². The van der Waals surface area contributed by atoms with Crippen molar-refractivity contribution in [2.45, 2.75) is 59.0 Å². The number of carbonyl (C=O) groups excluding carboxylic acids is 1. The van der Waals surface area contributed by atoms with Crippen LogP contribution in [-0.4, -0.2) is 12.1 Å². The zero-order valence-electron chi connectivity index (χ0n) is 10.1. The number of allylic oxidation sites excluding steroid dienone is 1. The van der Waals surface area contributed by atoms with Gasteiger partial charge in [-0.2, -0.15) is 0 Å². The van der Waals surface area contributed by atoms with E-state index in [4.69, 9.17) is 4.74 Å². The summed E-state index contributed by atoms with van der Waals surface area (Å²) in [4.78, 5) is 11.5. The van der Waals surface area contributed by atoms with Gasteiger partial charge in [-0.3, -0.25) is 0 Å². The molecule has 0 radical (unpaired) electrons. The van der Waals surface area contributed by atoms with Gasteiger partial charge in [0.05, 0.1) is 6.10 Å². The molecule has 2 heteroatoms. The summed E-state index contributed by atoms with van der Waals surface area (Å²) in [7, 11) is 0. The fourth-order valence-corrected chi connectivity index (χ4v) is 2.03. The second kappa shape index (κ2) is 5.94. The Kier molecular flexibility index (Phi) is 4.86. The standard InChI is InChI=1S/C13H22O2/c1-10(2)15-13(14)11(3)9-12-7-5-4-6-8-12/h9-10,12H,4-8H2,1-3H3/b11-9+. The van der Waals surface area contributed by atoms with Crippen LogP contribution in [-0.2, 0) is 9.53 Å². The van der Waals surface area contributed by atoms with Crippen LogP contribution in [0.4, 0.5) is 0 Å². The molecule has 0 saturated heterocycles. The highest BCUT2D eigenvalue weighted by molar-refractivity contribution is 5.87. The molecule has 0 bridgehead atoms. The van der Waals surface area contributed by atoms with Crippen LogP contribution in [0.5, 0.6) is 0 Å². The molecule has 1 saturated carbocycles. The molecule has 0 unspecified atom stereocenters. The summed E-state index contributed by atoms with van der Waals surface area (Å²) in [5, 5.41) is 0. The average molecular weight is 210 g/mol. The summed E-state index contributed by atoms with van der Waals surface area (Å²) in [6, 6.07) is 0. The Labute approximate surface area is 92.7 Å². The summed E-state index contributed by atoms with van der Waals surface area (Å²) in [5.74, 6) is 0.439. The molecule has 0 N–H and O–H groups in total. The van der Waals surface area contributed by atoms with Gasteiger partial charge in [0, 0.05) is 5.57 Å². The predicted molar refractivity (Wildman–Crippen MR) is 61.6 cm³/mol. The third-order valence-electron chi connectivity index (χ3n) is 2.80. The highest BCUT2D eigenvalue weighted by Gasteiger charge is 2.14. The van der Waals surface area contributed by atoms with E-state index in [1.165, 1.54) is 32.1 Å². The van der Waals surface area contributed by atoms with E-state index in [1.54, 1.807) is 0 Å². The molecule has 0 heterocycles. The summed E-state index contributed by atoms with van der Waals surface area (Å²) < 4.78 is 5.15. The molecule has 0 aromatic carbocycles. The van der Waals surface area contributed by atoms with Crippen molar-refractivity contribution in [3.05, 3.63) is 11.6 Å². The lowest BCUT2D eigenvalue weighted by Gasteiger charge is -2.19. The number of rotatable bonds is 3. The van der Waals surface area contributed by atoms with Crippen LogP contribution < -0.4 is 0 Å². The van der Waals surface area contributed by atoms with E-state index in [0.29, 0.717) is 5.92 Å². The largest absolute Gasteiger partial charge is 0.460 e. The van der Waals surface area contributed by atoms with Gasteiger partial charge in [0.1, 0.15) is 0 Å². The Morgan fingerprint density at radius 3 is 2.40 bits per heavy atom. The third kappa shape index (κ3) is 4.50. The van der Waals surface area contributed by atoms with E-state index in [2.05, 4.69) is 6.08 Å². The van der Waals surface area contributed by atoms with Crippen molar-refractivity contribution >= 4 is 5.97 Å². The van der Waals surface area contributed by atoms with Gasteiger partial charge in [0.25, 0.3) is 0 Å². The molecule has 1 aliphatic carbocycles. The van der Waals surface area contributed by atoms with Crippen molar-refractivity contribution < 1.29 is 9.53 Å². The number of ether oxygens (including phenoxy) is 1. The van der Waals surface area contributed by atoms with Gasteiger partial charge >= 0.3 is 5.97 Å². The second-order valence-corrected chi connectivity index (χ2v) is 4.70. The third-order valence-corrected chi connectivity index (χ3v) is 2.80. The first-order valence-electron chi connectivity index (χ1n) is 5.99. The number of hydrogen-bond donors (Lipinski definition) is 0. The minimum absolute atomic E-state index is 0.0211. The van der Waals surface area contributed by atoms with Crippen LogP contribution >= 0.6 is 0 Å². The van der Waals surface area contributed by atoms with Crippen molar-refractivity contribution in [1.82, 2.24) is 0 Å². The van der Waals surface area contributed by atoms with Crippen LogP contribution in [0, 0.1) is 5.92 Å². The van der Waals surface area contributed by atoms with E-state index < -0.39 is 0 Å². The van der Waals surface area contributed by atoms with E-state index in [1.807, 2.05) is 20.8 Å². The van der Waals surface area contributed by atoms with Crippen molar-refractivity contribution in [2.75, 3.05) is 0 Å². The molecule has 1 fully saturated rings. The van der Waals surface area contributed by atoms with Crippen LogP contribution in [0.15, 0.2) is 11.6 Å². The molecule has 1 aliphatic rings. The molecule has 86 valence electrons. The van der Waals surface area contributed by atoms with Crippen molar-refractivity contribution in [2.24, 2.45) is 5.92 Å². The Balaban J connectivity index is 2.46. The molecular weight excluding hydrogens is 188 g/mol. The van der Waals surface area contributed by atoms with Crippen molar-refractivity contribution in [3.8, 4) is 0 Å². The van der Waals surface area contributed by atoms with Crippen LogP contribution in [0.3, 0.4) is 0 Å². The number of hydrogen-bond acceptors (Lipinski definition) is 2. The molecule has 0 aliphatic heterocycles. The summed E-state index contributed by atoms with van der Waals surface area (Å²) >= 11 is 0. The summed E-state index contributed by atoms with van der Waals surface area (Å²) in [6.07, 6.45) is 8.48. The van der Waals surface area contributed by atoms with Crippen molar-refractivity contribution in [3.63, 3.8) is 0 Å². The Morgan fingerprint density at radius 2 is 1.87 bits per heavy atom. The topological polar surface area (TPSA) is 26.3 Å². The van der Waals surface area contributed by atoms with Gasteiger partial charge in [0.15, 0.2) is 0 Å². The minimum Gasteiger partial charge on any atom is -0.460 e. The highest BCUT2D eigenvalue weighted by Crippen LogP contribution is 2.25. The predicted octanol–water partition coefficient (Wildman–Crippen LogP) is 3.46. The average Bonchev–Trinajstić information content (AvgIpc) is 2.18. The molecule has 1 rings (SSSR count). The van der Waals surface area contributed by atoms with Crippen LogP contribution in [0.1, 0.15) is 52.9 Å². The smallest absolute Gasteiger partial charge is 0.333 e. The van der Waals surface area contributed by atoms with Crippen molar-refractivity contribution in [1.29, 1.82) is 0 Å². The van der Waals surface area contributed by atoms with Crippen LogP contribution in [0.25, 0.3) is 0 Å². The van der Waals surface area contributed by atoms with Gasteiger partial charge in [-0.25, -0.2) is 4.79 Å². The quantitative estimate of drug-likeness (QED) is 0.526. The Hall–Kier alpha value is -0.790. The number of carbonyl (C=O) groups is 1. The maximum atomic E-state index is 11.5. The molecule has 0 aromatic heterocycles. The van der Waals surface area contributed by atoms with Crippen LogP contribution in [0.2, 0.25) is 0 Å². The zero-order valence-corrected chi connectivity index (χ0v) is 10.1. The molecule has 2 nitrogen and oxygen atoms in total. The lowest BCUT2D eigenvalue weighted by Crippen LogP contribution is -2.13. The molecular formula is C13H22O2. The minimum atomic E-state index is -0.157. The van der Waals surface area contributed by atoms with Gasteiger partial charge in [0.2, 0.25) is 0 Å². The first kappa shape index (κ1) is 12.3. The fourth-order valence-electron chi connectivity index (χ4n) is 2.03.